The van der Waals surface area contributed by atoms with E-state index in [1.54, 1.807) is 0 Å². The first-order chi connectivity index (χ1) is 12.0. The first-order valence-electron chi connectivity index (χ1n) is 8.71. The first kappa shape index (κ1) is 18.2. The molecule has 0 spiro atoms. The fraction of sp³-hybridized carbons (Fsp3) is 0.556. The Morgan fingerprint density at radius 1 is 1.28 bits per heavy atom. The Labute approximate surface area is 153 Å². The van der Waals surface area contributed by atoms with Crippen LogP contribution in [0.4, 0.5) is 5.69 Å². The molecule has 1 N–H and O–H groups in total. The minimum absolute atomic E-state index is 0.0908. The third-order valence-corrected chi connectivity index (χ3v) is 4.97. The number of aryl methyl sites for hydroxylation is 1. The molecule has 2 amide bonds. The summed E-state index contributed by atoms with van der Waals surface area (Å²) in [6, 6.07) is 5.55. The van der Waals surface area contributed by atoms with Crippen molar-refractivity contribution < 1.29 is 14.3 Å². The zero-order valence-corrected chi connectivity index (χ0v) is 15.2. The van der Waals surface area contributed by atoms with Gasteiger partial charge in [0.05, 0.1) is 17.3 Å². The second-order valence-electron chi connectivity index (χ2n) is 6.63. The highest BCUT2D eigenvalue weighted by Crippen LogP contribution is 2.22. The predicted octanol–water partition coefficient (Wildman–Crippen LogP) is 1.91. The van der Waals surface area contributed by atoms with E-state index in [9.17, 15) is 9.59 Å². The molecule has 1 aromatic rings. The lowest BCUT2D eigenvalue weighted by molar-refractivity contribution is -0.142. The maximum Gasteiger partial charge on any atom is 0.251 e. The monoisotopic (exact) mass is 365 g/mol. The van der Waals surface area contributed by atoms with Gasteiger partial charge >= 0.3 is 0 Å². The predicted molar refractivity (Wildman–Crippen MR) is 96.8 cm³/mol. The van der Waals surface area contributed by atoms with Crippen LogP contribution in [-0.2, 0) is 14.3 Å². The molecule has 0 bridgehead atoms. The van der Waals surface area contributed by atoms with Crippen molar-refractivity contribution in [3.63, 3.8) is 0 Å². The van der Waals surface area contributed by atoms with E-state index in [-0.39, 0.29) is 17.9 Å². The van der Waals surface area contributed by atoms with Gasteiger partial charge < -0.3 is 15.0 Å². The van der Waals surface area contributed by atoms with Crippen LogP contribution in [0.3, 0.4) is 0 Å². The van der Waals surface area contributed by atoms with E-state index < -0.39 is 0 Å². The number of piperazine rings is 1. The van der Waals surface area contributed by atoms with Gasteiger partial charge in [0.1, 0.15) is 6.10 Å². The number of nitrogens with zero attached hydrogens (tertiary/aromatic N) is 2. The maximum atomic E-state index is 12.3. The second-order valence-corrected chi connectivity index (χ2v) is 7.04. The fourth-order valence-corrected chi connectivity index (χ4v) is 3.50. The van der Waals surface area contributed by atoms with Gasteiger partial charge in [-0.3, -0.25) is 14.5 Å². The molecule has 2 fully saturated rings. The number of ether oxygens (including phenoxy) is 1. The number of anilines is 1. The van der Waals surface area contributed by atoms with Crippen LogP contribution in [0.15, 0.2) is 18.2 Å². The van der Waals surface area contributed by atoms with E-state index in [0.29, 0.717) is 50.0 Å². The van der Waals surface area contributed by atoms with Crippen molar-refractivity contribution in [2.24, 2.45) is 0 Å². The Kier molecular flexibility index (Phi) is 5.93. The van der Waals surface area contributed by atoms with E-state index in [2.05, 4.69) is 10.2 Å². The molecule has 2 aliphatic heterocycles. The average molecular weight is 366 g/mol. The van der Waals surface area contributed by atoms with Crippen molar-refractivity contribution in [3.05, 3.63) is 28.8 Å². The highest BCUT2D eigenvalue weighted by molar-refractivity contribution is 6.33. The Balaban J connectivity index is 1.45. The second kappa shape index (κ2) is 8.17. The van der Waals surface area contributed by atoms with Gasteiger partial charge in [-0.2, -0.15) is 0 Å². The lowest BCUT2D eigenvalue weighted by Crippen LogP contribution is -2.52. The Morgan fingerprint density at radius 3 is 2.68 bits per heavy atom. The third kappa shape index (κ3) is 4.71. The summed E-state index contributed by atoms with van der Waals surface area (Å²) in [7, 11) is 0. The van der Waals surface area contributed by atoms with Crippen molar-refractivity contribution in [1.29, 1.82) is 0 Å². The number of benzene rings is 1. The van der Waals surface area contributed by atoms with Crippen molar-refractivity contribution >= 4 is 29.1 Å². The van der Waals surface area contributed by atoms with Crippen molar-refractivity contribution in [1.82, 2.24) is 9.80 Å². The quantitative estimate of drug-likeness (QED) is 0.885. The third-order valence-electron chi connectivity index (χ3n) is 4.65. The number of hydrogen-bond donors (Lipinski definition) is 1. The Morgan fingerprint density at radius 2 is 2.04 bits per heavy atom. The lowest BCUT2D eigenvalue weighted by Gasteiger charge is -2.35. The van der Waals surface area contributed by atoms with Crippen LogP contribution in [0, 0.1) is 6.92 Å². The molecular formula is C18H24ClN3O3. The molecule has 3 rings (SSSR count). The summed E-state index contributed by atoms with van der Waals surface area (Å²) < 4.78 is 5.46. The smallest absolute Gasteiger partial charge is 0.251 e. The number of carbonyl (C=O) groups is 2. The first-order valence-corrected chi connectivity index (χ1v) is 9.09. The molecule has 136 valence electrons. The molecule has 2 aliphatic rings. The standard InChI is InChI=1S/C18H24ClN3O3/c1-13-4-5-15(14(19)11-13)20-17(23)12-21-6-8-22(9-7-21)18(24)16-3-2-10-25-16/h4-5,11,16H,2-3,6-10,12H2,1H3,(H,20,23)/t16-/m0/s1. The van der Waals surface area contributed by atoms with E-state index in [0.717, 1.165) is 18.4 Å². The van der Waals surface area contributed by atoms with E-state index >= 15 is 0 Å². The van der Waals surface area contributed by atoms with E-state index in [4.69, 9.17) is 16.3 Å². The molecule has 0 saturated carbocycles. The molecule has 6 nitrogen and oxygen atoms in total. The molecule has 0 aliphatic carbocycles. The topological polar surface area (TPSA) is 61.9 Å². The maximum absolute atomic E-state index is 12.3. The summed E-state index contributed by atoms with van der Waals surface area (Å²) >= 11 is 6.15. The van der Waals surface area contributed by atoms with Crippen molar-refractivity contribution in [2.75, 3.05) is 44.6 Å². The largest absolute Gasteiger partial charge is 0.368 e. The summed E-state index contributed by atoms with van der Waals surface area (Å²) in [5.41, 5.74) is 1.68. The summed E-state index contributed by atoms with van der Waals surface area (Å²) in [5.74, 6) is -0.00213. The molecule has 25 heavy (non-hydrogen) atoms. The van der Waals surface area contributed by atoms with Gasteiger partial charge in [0.2, 0.25) is 5.91 Å². The number of carbonyl (C=O) groups excluding carboxylic acids is 2. The highest BCUT2D eigenvalue weighted by atomic mass is 35.5. The van der Waals surface area contributed by atoms with Crippen LogP contribution < -0.4 is 5.32 Å². The van der Waals surface area contributed by atoms with Gasteiger partial charge in [0.25, 0.3) is 5.91 Å². The fourth-order valence-electron chi connectivity index (χ4n) is 3.22. The van der Waals surface area contributed by atoms with Gasteiger partial charge in [-0.25, -0.2) is 0 Å². The molecule has 0 aromatic heterocycles. The number of amides is 2. The molecule has 1 atom stereocenters. The summed E-state index contributed by atoms with van der Waals surface area (Å²) in [5, 5.41) is 3.39. The van der Waals surface area contributed by atoms with Crippen LogP contribution in [0.5, 0.6) is 0 Å². The van der Waals surface area contributed by atoms with Crippen LogP contribution in [0.25, 0.3) is 0 Å². The van der Waals surface area contributed by atoms with Gasteiger partial charge in [0.15, 0.2) is 0 Å². The van der Waals surface area contributed by atoms with Gasteiger partial charge in [-0.05, 0) is 37.5 Å². The number of nitrogens with one attached hydrogen (secondary N) is 1. The SMILES string of the molecule is Cc1ccc(NC(=O)CN2CCN(C(=O)[C@@H]3CCCO3)CC2)c(Cl)c1. The van der Waals surface area contributed by atoms with Crippen LogP contribution in [0.2, 0.25) is 5.02 Å². The zero-order chi connectivity index (χ0) is 17.8. The van der Waals surface area contributed by atoms with Crippen LogP contribution >= 0.6 is 11.6 Å². The summed E-state index contributed by atoms with van der Waals surface area (Å²) in [4.78, 5) is 28.5. The highest BCUT2D eigenvalue weighted by Gasteiger charge is 2.30. The van der Waals surface area contributed by atoms with E-state index in [1.165, 1.54) is 0 Å². The minimum atomic E-state index is -0.265. The Bertz CT molecular complexity index is 638. The van der Waals surface area contributed by atoms with Gasteiger partial charge in [0, 0.05) is 32.8 Å². The minimum Gasteiger partial charge on any atom is -0.368 e. The van der Waals surface area contributed by atoms with Gasteiger partial charge in [-0.15, -0.1) is 0 Å². The van der Waals surface area contributed by atoms with E-state index in [1.807, 2.05) is 30.0 Å². The molecule has 2 heterocycles. The van der Waals surface area contributed by atoms with Crippen molar-refractivity contribution in [2.45, 2.75) is 25.9 Å². The normalized spacial score (nSPS) is 21.4. The molecule has 1 aromatic carbocycles. The number of rotatable bonds is 4. The molecule has 0 radical (unpaired) electrons. The Hall–Kier alpha value is -1.63. The molecular weight excluding hydrogens is 342 g/mol. The van der Waals surface area contributed by atoms with Gasteiger partial charge in [-0.1, -0.05) is 17.7 Å². The molecule has 0 unspecified atom stereocenters. The molecule has 2 saturated heterocycles. The van der Waals surface area contributed by atoms with Crippen molar-refractivity contribution in [3.8, 4) is 0 Å². The number of hydrogen-bond acceptors (Lipinski definition) is 4. The summed E-state index contributed by atoms with van der Waals surface area (Å²) in [6.45, 7) is 5.58. The van der Waals surface area contributed by atoms with Crippen LogP contribution in [-0.4, -0.2) is 67.0 Å². The average Bonchev–Trinajstić information content (AvgIpc) is 3.12. The molecule has 7 heteroatoms. The van der Waals surface area contributed by atoms with Crippen LogP contribution in [0.1, 0.15) is 18.4 Å². The number of halogens is 1. The lowest BCUT2D eigenvalue weighted by atomic mass is 10.2. The zero-order valence-electron chi connectivity index (χ0n) is 14.5. The summed E-state index contributed by atoms with van der Waals surface area (Å²) in [6.07, 6.45) is 1.51.